The Kier molecular flexibility index (Phi) is 4.55. The van der Waals surface area contributed by atoms with E-state index in [-0.39, 0.29) is 0 Å². The van der Waals surface area contributed by atoms with Crippen LogP contribution in [0.25, 0.3) is 10.9 Å². The average molecular weight is 332 g/mol. The van der Waals surface area contributed by atoms with Crippen molar-refractivity contribution in [1.82, 2.24) is 4.98 Å². The molecule has 0 bridgehead atoms. The Morgan fingerprint density at radius 1 is 1.04 bits per heavy atom. The van der Waals surface area contributed by atoms with Crippen molar-refractivity contribution >= 4 is 16.6 Å². The van der Waals surface area contributed by atoms with Crippen LogP contribution in [0.5, 0.6) is 5.75 Å². The molecule has 1 N–H and O–H groups in total. The summed E-state index contributed by atoms with van der Waals surface area (Å²) in [4.78, 5) is 4.92. The van der Waals surface area contributed by atoms with Crippen LogP contribution in [0, 0.1) is 0 Å². The standard InChI is InChI=1S/C22H24N2O/c1-2-23-22-18-10-6-7-11-20(18)24-21-13-12-17(14-19(21)22)25-15-16-8-4-3-5-9-16/h3-5,8-9,12-14H,2,6-7,10-11,15H2,1H3,(H,23,24). The Hall–Kier alpha value is -2.55. The van der Waals surface area contributed by atoms with Crippen molar-refractivity contribution in [3.63, 3.8) is 0 Å². The van der Waals surface area contributed by atoms with Crippen molar-refractivity contribution < 1.29 is 4.74 Å². The zero-order valence-electron chi connectivity index (χ0n) is 14.7. The van der Waals surface area contributed by atoms with Crippen molar-refractivity contribution in [2.24, 2.45) is 0 Å². The second kappa shape index (κ2) is 7.14. The van der Waals surface area contributed by atoms with Gasteiger partial charge in [-0.3, -0.25) is 4.98 Å². The van der Waals surface area contributed by atoms with Gasteiger partial charge in [-0.25, -0.2) is 0 Å². The molecule has 0 saturated carbocycles. The molecular weight excluding hydrogens is 308 g/mol. The van der Waals surface area contributed by atoms with E-state index >= 15 is 0 Å². The Balaban J connectivity index is 1.70. The third kappa shape index (κ3) is 3.32. The molecule has 1 aliphatic carbocycles. The van der Waals surface area contributed by atoms with Crippen LogP contribution in [-0.4, -0.2) is 11.5 Å². The highest BCUT2D eigenvalue weighted by Crippen LogP contribution is 2.35. The average Bonchev–Trinajstić information content (AvgIpc) is 2.67. The van der Waals surface area contributed by atoms with E-state index in [1.54, 1.807) is 0 Å². The second-order valence-electron chi connectivity index (χ2n) is 6.60. The lowest BCUT2D eigenvalue weighted by Crippen LogP contribution is -2.11. The first-order valence-electron chi connectivity index (χ1n) is 9.21. The first-order valence-corrected chi connectivity index (χ1v) is 9.21. The fourth-order valence-electron chi connectivity index (χ4n) is 3.61. The maximum Gasteiger partial charge on any atom is 0.120 e. The number of benzene rings is 2. The van der Waals surface area contributed by atoms with Gasteiger partial charge in [0.25, 0.3) is 0 Å². The van der Waals surface area contributed by atoms with Gasteiger partial charge < -0.3 is 10.1 Å². The number of anilines is 1. The third-order valence-corrected chi connectivity index (χ3v) is 4.84. The highest BCUT2D eigenvalue weighted by molar-refractivity contribution is 5.94. The number of aromatic nitrogens is 1. The molecule has 0 radical (unpaired) electrons. The van der Waals surface area contributed by atoms with Crippen LogP contribution in [0.2, 0.25) is 0 Å². The minimum absolute atomic E-state index is 0.585. The predicted octanol–water partition coefficient (Wildman–Crippen LogP) is 5.12. The minimum atomic E-state index is 0.585. The molecule has 3 heteroatoms. The molecule has 0 spiro atoms. The lowest BCUT2D eigenvalue weighted by Gasteiger charge is -2.21. The molecule has 128 valence electrons. The molecule has 0 atom stereocenters. The quantitative estimate of drug-likeness (QED) is 0.704. The van der Waals surface area contributed by atoms with Gasteiger partial charge in [-0.2, -0.15) is 0 Å². The summed E-state index contributed by atoms with van der Waals surface area (Å²) in [6, 6.07) is 16.5. The molecule has 1 aliphatic rings. The summed E-state index contributed by atoms with van der Waals surface area (Å²) in [5.74, 6) is 0.896. The molecule has 3 aromatic rings. The number of hydrogen-bond donors (Lipinski definition) is 1. The van der Waals surface area contributed by atoms with Gasteiger partial charge in [-0.1, -0.05) is 30.3 Å². The Morgan fingerprint density at radius 3 is 2.72 bits per heavy atom. The topological polar surface area (TPSA) is 34.2 Å². The maximum absolute atomic E-state index is 6.02. The second-order valence-corrected chi connectivity index (χ2v) is 6.60. The summed E-state index contributed by atoms with van der Waals surface area (Å²) in [6.45, 7) is 3.65. The number of aryl methyl sites for hydroxylation is 1. The summed E-state index contributed by atoms with van der Waals surface area (Å²) >= 11 is 0. The van der Waals surface area contributed by atoms with E-state index in [1.165, 1.54) is 40.7 Å². The van der Waals surface area contributed by atoms with Gasteiger partial charge in [0.15, 0.2) is 0 Å². The maximum atomic E-state index is 6.02. The van der Waals surface area contributed by atoms with Gasteiger partial charge >= 0.3 is 0 Å². The van der Waals surface area contributed by atoms with Crippen LogP contribution in [-0.2, 0) is 19.4 Å². The van der Waals surface area contributed by atoms with Crippen LogP contribution in [0.3, 0.4) is 0 Å². The highest BCUT2D eigenvalue weighted by Gasteiger charge is 2.18. The van der Waals surface area contributed by atoms with E-state index < -0.39 is 0 Å². The number of ether oxygens (including phenoxy) is 1. The number of hydrogen-bond acceptors (Lipinski definition) is 3. The van der Waals surface area contributed by atoms with Gasteiger partial charge in [0, 0.05) is 23.3 Å². The van der Waals surface area contributed by atoms with Crippen LogP contribution >= 0.6 is 0 Å². The normalized spacial score (nSPS) is 13.5. The Bertz CT molecular complexity index is 874. The Labute approximate surface area is 149 Å². The van der Waals surface area contributed by atoms with Gasteiger partial charge in [0.05, 0.1) is 5.52 Å². The fraction of sp³-hybridized carbons (Fsp3) is 0.318. The summed E-state index contributed by atoms with van der Waals surface area (Å²) in [7, 11) is 0. The van der Waals surface area contributed by atoms with Crippen molar-refractivity contribution in [3.8, 4) is 5.75 Å². The van der Waals surface area contributed by atoms with Gasteiger partial charge in [-0.05, 0) is 61.9 Å². The monoisotopic (exact) mass is 332 g/mol. The number of rotatable bonds is 5. The van der Waals surface area contributed by atoms with E-state index in [4.69, 9.17) is 9.72 Å². The van der Waals surface area contributed by atoms with Crippen LogP contribution in [0.4, 0.5) is 5.69 Å². The van der Waals surface area contributed by atoms with Gasteiger partial charge in [0.1, 0.15) is 12.4 Å². The number of fused-ring (bicyclic) bond motifs is 2. The van der Waals surface area contributed by atoms with Crippen molar-refractivity contribution in [2.45, 2.75) is 39.2 Å². The SMILES string of the molecule is CCNc1c2c(nc3ccc(OCc4ccccc4)cc13)CCCC2. The van der Waals surface area contributed by atoms with Crippen LogP contribution in [0.1, 0.15) is 36.6 Å². The molecule has 0 fully saturated rings. The Morgan fingerprint density at radius 2 is 1.88 bits per heavy atom. The molecule has 2 aromatic carbocycles. The van der Waals surface area contributed by atoms with Crippen LogP contribution < -0.4 is 10.1 Å². The van der Waals surface area contributed by atoms with E-state index in [0.717, 1.165) is 30.7 Å². The predicted molar refractivity (Wildman–Crippen MR) is 103 cm³/mol. The zero-order valence-corrected chi connectivity index (χ0v) is 14.7. The number of nitrogens with zero attached hydrogens (tertiary/aromatic N) is 1. The largest absolute Gasteiger partial charge is 0.489 e. The first kappa shape index (κ1) is 15.9. The smallest absolute Gasteiger partial charge is 0.120 e. The van der Waals surface area contributed by atoms with E-state index in [0.29, 0.717) is 6.61 Å². The molecule has 0 aliphatic heterocycles. The zero-order chi connectivity index (χ0) is 17.1. The highest BCUT2D eigenvalue weighted by atomic mass is 16.5. The van der Waals surface area contributed by atoms with E-state index in [9.17, 15) is 0 Å². The molecule has 0 saturated heterocycles. The van der Waals surface area contributed by atoms with Crippen LogP contribution in [0.15, 0.2) is 48.5 Å². The fourth-order valence-corrected chi connectivity index (χ4v) is 3.61. The molecule has 0 amide bonds. The third-order valence-electron chi connectivity index (χ3n) is 4.84. The minimum Gasteiger partial charge on any atom is -0.489 e. The number of nitrogens with one attached hydrogen (secondary N) is 1. The summed E-state index contributed by atoms with van der Waals surface area (Å²) in [5, 5.41) is 4.76. The molecule has 25 heavy (non-hydrogen) atoms. The molecule has 0 unspecified atom stereocenters. The van der Waals surface area contributed by atoms with Crippen molar-refractivity contribution in [3.05, 3.63) is 65.4 Å². The molecule has 3 nitrogen and oxygen atoms in total. The van der Waals surface area contributed by atoms with Crippen molar-refractivity contribution in [2.75, 3.05) is 11.9 Å². The molecule has 4 rings (SSSR count). The molecular formula is C22H24N2O. The lowest BCUT2D eigenvalue weighted by atomic mass is 9.92. The number of pyridine rings is 1. The van der Waals surface area contributed by atoms with E-state index in [2.05, 4.69) is 36.5 Å². The molecule has 1 aromatic heterocycles. The summed E-state index contributed by atoms with van der Waals surface area (Å²) in [5.41, 5.74) is 6.17. The molecule has 1 heterocycles. The van der Waals surface area contributed by atoms with Gasteiger partial charge in [0.2, 0.25) is 0 Å². The van der Waals surface area contributed by atoms with Crippen molar-refractivity contribution in [1.29, 1.82) is 0 Å². The summed E-state index contributed by atoms with van der Waals surface area (Å²) in [6.07, 6.45) is 4.71. The first-order chi connectivity index (χ1) is 12.3. The lowest BCUT2D eigenvalue weighted by molar-refractivity contribution is 0.306. The summed E-state index contributed by atoms with van der Waals surface area (Å²) < 4.78 is 6.02. The van der Waals surface area contributed by atoms with E-state index in [1.807, 2.05) is 24.3 Å². The van der Waals surface area contributed by atoms with Gasteiger partial charge in [-0.15, -0.1) is 0 Å².